The van der Waals surface area contributed by atoms with Crippen molar-refractivity contribution in [2.45, 2.75) is 31.7 Å². The summed E-state index contributed by atoms with van der Waals surface area (Å²) in [6, 6.07) is 10.6. The highest BCUT2D eigenvalue weighted by atomic mass is 32.2. The summed E-state index contributed by atoms with van der Waals surface area (Å²) in [5.74, 6) is 8.50. The van der Waals surface area contributed by atoms with Crippen molar-refractivity contribution in [1.82, 2.24) is 20.2 Å². The van der Waals surface area contributed by atoms with Gasteiger partial charge in [-0.25, -0.2) is 10.8 Å². The molecule has 174 valence electrons. The Balaban J connectivity index is 1.07. The maximum atomic E-state index is 11.7. The molecule has 1 aromatic carbocycles. The van der Waals surface area contributed by atoms with Crippen LogP contribution in [0.15, 0.2) is 53.9 Å². The van der Waals surface area contributed by atoms with Gasteiger partial charge in [-0.15, -0.1) is 11.8 Å². The largest absolute Gasteiger partial charge is 0.355 e. The Bertz CT molecular complexity index is 1090. The third-order valence-electron chi connectivity index (χ3n) is 6.65. The molecule has 1 aliphatic carbocycles. The molecule has 1 atom stereocenters. The van der Waals surface area contributed by atoms with Crippen LogP contribution in [0.2, 0.25) is 0 Å². The Labute approximate surface area is 199 Å². The molecule has 1 saturated heterocycles. The van der Waals surface area contributed by atoms with Gasteiger partial charge in [0.1, 0.15) is 5.82 Å². The van der Waals surface area contributed by atoms with Crippen LogP contribution in [0.5, 0.6) is 0 Å². The van der Waals surface area contributed by atoms with Crippen LogP contribution in [0, 0.1) is 6.92 Å². The normalized spacial score (nSPS) is 21.5. The first kappa shape index (κ1) is 22.3. The molecular formula is C25H32N6OS. The van der Waals surface area contributed by atoms with Crippen molar-refractivity contribution in [3.63, 3.8) is 0 Å². The predicted molar refractivity (Wildman–Crippen MR) is 136 cm³/mol. The van der Waals surface area contributed by atoms with Gasteiger partial charge in [-0.3, -0.25) is 14.7 Å². The van der Waals surface area contributed by atoms with E-state index >= 15 is 0 Å². The average molecular weight is 465 g/mol. The van der Waals surface area contributed by atoms with Gasteiger partial charge in [-0.2, -0.15) is 0 Å². The predicted octanol–water partition coefficient (Wildman–Crippen LogP) is 2.98. The maximum absolute atomic E-state index is 11.7. The molecule has 2 aromatic rings. The minimum Gasteiger partial charge on any atom is -0.355 e. The van der Waals surface area contributed by atoms with Crippen molar-refractivity contribution in [3.05, 3.63) is 59.4 Å². The number of nitrogens with one attached hydrogen (secondary N) is 1. The number of carbonyl (C=O) groups is 1. The molecule has 0 amide bonds. The van der Waals surface area contributed by atoms with E-state index in [1.54, 1.807) is 22.8 Å². The van der Waals surface area contributed by atoms with Crippen molar-refractivity contribution in [1.29, 1.82) is 0 Å². The first-order valence-corrected chi connectivity index (χ1v) is 12.8. The first-order chi connectivity index (χ1) is 16.1. The van der Waals surface area contributed by atoms with Gasteiger partial charge in [0, 0.05) is 56.0 Å². The number of aryl methyl sites for hydroxylation is 1. The fourth-order valence-electron chi connectivity index (χ4n) is 4.75. The molecule has 0 spiro atoms. The number of fused-ring (bicyclic) bond motifs is 2. The number of anilines is 1. The van der Waals surface area contributed by atoms with Crippen molar-refractivity contribution < 1.29 is 4.79 Å². The number of hydrogen-bond acceptors (Lipinski definition) is 8. The number of hydrazine groups is 1. The number of piperazine rings is 1. The van der Waals surface area contributed by atoms with Gasteiger partial charge in [-0.05, 0) is 55.3 Å². The minimum atomic E-state index is -0.0232. The molecule has 3 heterocycles. The lowest BCUT2D eigenvalue weighted by atomic mass is 9.97. The molecule has 1 fully saturated rings. The number of pyridine rings is 1. The molecule has 0 radical (unpaired) electrons. The lowest BCUT2D eigenvalue weighted by molar-refractivity contribution is -0.114. The standard InChI is InChI=1S/C25H32N6OS/c1-18-15-24(27-22-6-3-2-5-21(18)22)30-12-10-29(11-13-30)9-4-14-33-25-28-23-16-20(32)8-7-19(23)17-31(25)26/h2-3,5-6,15-17,25,28H,4,7-14,26H2,1H3. The van der Waals surface area contributed by atoms with Gasteiger partial charge in [-0.1, -0.05) is 18.2 Å². The van der Waals surface area contributed by atoms with E-state index in [2.05, 4.69) is 52.4 Å². The molecule has 0 saturated carbocycles. The molecule has 8 heteroatoms. The number of aromatic nitrogens is 1. The molecule has 1 unspecified atom stereocenters. The first-order valence-electron chi connectivity index (χ1n) is 11.8. The topological polar surface area (TPSA) is 77.7 Å². The number of rotatable bonds is 6. The van der Waals surface area contributed by atoms with Crippen molar-refractivity contribution in [3.8, 4) is 0 Å². The molecule has 1 aromatic heterocycles. The average Bonchev–Trinajstić information content (AvgIpc) is 2.82. The monoisotopic (exact) mass is 464 g/mol. The highest BCUT2D eigenvalue weighted by Crippen LogP contribution is 2.28. The number of hydrogen-bond donors (Lipinski definition) is 2. The summed E-state index contributed by atoms with van der Waals surface area (Å²) < 4.78 is 0. The van der Waals surface area contributed by atoms with Crippen molar-refractivity contribution in [2.75, 3.05) is 43.4 Å². The number of nitrogens with zero attached hydrogens (tertiary/aromatic N) is 4. The summed E-state index contributed by atoms with van der Waals surface area (Å²) in [7, 11) is 0. The van der Waals surface area contributed by atoms with E-state index in [1.165, 1.54) is 10.9 Å². The molecule has 2 aliphatic heterocycles. The van der Waals surface area contributed by atoms with Crippen LogP contribution in [0.3, 0.4) is 0 Å². The van der Waals surface area contributed by atoms with Gasteiger partial charge in [0.25, 0.3) is 0 Å². The second-order valence-electron chi connectivity index (χ2n) is 8.99. The van der Waals surface area contributed by atoms with E-state index in [-0.39, 0.29) is 11.3 Å². The highest BCUT2D eigenvalue weighted by molar-refractivity contribution is 7.99. The van der Waals surface area contributed by atoms with E-state index in [0.717, 1.165) is 73.9 Å². The fraction of sp³-hybridized carbons (Fsp3) is 0.440. The van der Waals surface area contributed by atoms with Crippen LogP contribution in [-0.2, 0) is 4.79 Å². The molecule has 7 nitrogen and oxygen atoms in total. The van der Waals surface area contributed by atoms with E-state index in [1.807, 2.05) is 6.20 Å². The number of para-hydroxylation sites is 1. The van der Waals surface area contributed by atoms with Gasteiger partial charge < -0.3 is 10.2 Å². The summed E-state index contributed by atoms with van der Waals surface area (Å²) in [6.45, 7) is 7.39. The number of thioether (sulfide) groups is 1. The van der Waals surface area contributed by atoms with Gasteiger partial charge in [0.05, 0.1) is 5.52 Å². The van der Waals surface area contributed by atoms with Crippen molar-refractivity contribution >= 4 is 34.3 Å². The number of nitrogens with two attached hydrogens (primary N) is 1. The maximum Gasteiger partial charge on any atom is 0.161 e. The number of benzene rings is 1. The Morgan fingerprint density at radius 2 is 2.00 bits per heavy atom. The van der Waals surface area contributed by atoms with Crippen LogP contribution in [0.1, 0.15) is 24.8 Å². The summed E-state index contributed by atoms with van der Waals surface area (Å²) in [5.41, 5.74) is 4.41. The molecule has 0 bridgehead atoms. The van der Waals surface area contributed by atoms with E-state index < -0.39 is 0 Å². The lowest BCUT2D eigenvalue weighted by Gasteiger charge is -2.36. The quantitative estimate of drug-likeness (QED) is 0.499. The second-order valence-corrected chi connectivity index (χ2v) is 10.2. The Morgan fingerprint density at radius 1 is 1.18 bits per heavy atom. The van der Waals surface area contributed by atoms with E-state index in [4.69, 9.17) is 10.8 Å². The Morgan fingerprint density at radius 3 is 2.85 bits per heavy atom. The Kier molecular flexibility index (Phi) is 6.57. The van der Waals surface area contributed by atoms with Gasteiger partial charge in [0.15, 0.2) is 11.3 Å². The molecular weight excluding hydrogens is 432 g/mol. The second kappa shape index (κ2) is 9.75. The van der Waals surface area contributed by atoms with Gasteiger partial charge in [0.2, 0.25) is 0 Å². The van der Waals surface area contributed by atoms with E-state index in [0.29, 0.717) is 6.42 Å². The smallest absolute Gasteiger partial charge is 0.161 e. The fourth-order valence-corrected chi connectivity index (χ4v) is 5.71. The highest BCUT2D eigenvalue weighted by Gasteiger charge is 2.26. The number of ketones is 1. The molecule has 3 N–H and O–H groups in total. The summed E-state index contributed by atoms with van der Waals surface area (Å²) in [4.78, 5) is 21.6. The van der Waals surface area contributed by atoms with Crippen molar-refractivity contribution in [2.24, 2.45) is 5.84 Å². The minimum absolute atomic E-state index is 0.0232. The van der Waals surface area contributed by atoms with Crippen LogP contribution in [0.4, 0.5) is 5.82 Å². The SMILES string of the molecule is Cc1cc(N2CCN(CCCSC3NC4=CC(=O)CCC4=CN3N)CC2)nc2ccccc12. The van der Waals surface area contributed by atoms with Crippen LogP contribution in [0.25, 0.3) is 10.9 Å². The molecule has 5 rings (SSSR count). The van der Waals surface area contributed by atoms with Crippen LogP contribution in [-0.4, -0.2) is 64.7 Å². The summed E-state index contributed by atoms with van der Waals surface area (Å²) >= 11 is 1.80. The Hall–Kier alpha value is -2.55. The number of allylic oxidation sites excluding steroid dienone is 2. The van der Waals surface area contributed by atoms with Gasteiger partial charge >= 0.3 is 0 Å². The third kappa shape index (κ3) is 5.03. The van der Waals surface area contributed by atoms with Crippen LogP contribution >= 0.6 is 11.8 Å². The summed E-state index contributed by atoms with van der Waals surface area (Å²) in [5, 5.41) is 6.40. The third-order valence-corrected chi connectivity index (χ3v) is 7.85. The lowest BCUT2D eigenvalue weighted by Crippen LogP contribution is -2.49. The van der Waals surface area contributed by atoms with E-state index in [9.17, 15) is 4.79 Å². The zero-order valence-electron chi connectivity index (χ0n) is 19.2. The zero-order chi connectivity index (χ0) is 22.8. The molecule has 33 heavy (non-hydrogen) atoms. The zero-order valence-corrected chi connectivity index (χ0v) is 20.0. The van der Waals surface area contributed by atoms with Crippen LogP contribution < -0.4 is 16.1 Å². The number of carbonyl (C=O) groups excluding carboxylic acids is 1. The molecule has 3 aliphatic rings. The summed E-state index contributed by atoms with van der Waals surface area (Å²) in [6.07, 6.45) is 6.16.